The third-order valence-corrected chi connectivity index (χ3v) is 3.81. The molecule has 1 saturated heterocycles. The fourth-order valence-corrected chi connectivity index (χ4v) is 2.39. The van der Waals surface area contributed by atoms with Gasteiger partial charge in [0.2, 0.25) is 5.91 Å². The molecule has 2 amide bonds. The van der Waals surface area contributed by atoms with Crippen LogP contribution < -0.4 is 11.5 Å². The number of benzene rings is 1. The van der Waals surface area contributed by atoms with Gasteiger partial charge in [0.15, 0.2) is 0 Å². The van der Waals surface area contributed by atoms with Crippen LogP contribution in [0.5, 0.6) is 0 Å². The van der Waals surface area contributed by atoms with Crippen molar-refractivity contribution < 1.29 is 9.59 Å². The van der Waals surface area contributed by atoms with Crippen LogP contribution in [-0.4, -0.2) is 29.3 Å². The number of halogens is 1. The first kappa shape index (κ1) is 12.9. The van der Waals surface area contributed by atoms with Crippen molar-refractivity contribution in [1.82, 2.24) is 4.90 Å². The number of hydrogen-bond acceptors (Lipinski definition) is 3. The number of rotatable bonds is 2. The Hall–Kier alpha value is -1.56. The minimum Gasteiger partial charge on any atom is -0.398 e. The lowest BCUT2D eigenvalue weighted by atomic mass is 10.1. The number of carbonyl (C=O) groups excluding carboxylic acids is 2. The van der Waals surface area contributed by atoms with Gasteiger partial charge < -0.3 is 16.4 Å². The topological polar surface area (TPSA) is 89.4 Å². The summed E-state index contributed by atoms with van der Waals surface area (Å²) in [5, 5.41) is 0. The fourth-order valence-electron chi connectivity index (χ4n) is 2.15. The van der Waals surface area contributed by atoms with E-state index in [1.54, 1.807) is 18.2 Å². The molecule has 96 valence electrons. The van der Waals surface area contributed by atoms with Crippen molar-refractivity contribution in [2.75, 3.05) is 12.3 Å². The molecule has 18 heavy (non-hydrogen) atoms. The van der Waals surface area contributed by atoms with E-state index in [2.05, 4.69) is 15.9 Å². The van der Waals surface area contributed by atoms with Gasteiger partial charge in [0, 0.05) is 22.3 Å². The molecular weight excluding hydrogens is 298 g/mol. The number of carbonyl (C=O) groups is 2. The third kappa shape index (κ3) is 2.33. The number of likely N-dealkylation sites (tertiary alicyclic amines) is 1. The zero-order valence-electron chi connectivity index (χ0n) is 9.73. The monoisotopic (exact) mass is 311 g/mol. The molecule has 1 aliphatic rings. The van der Waals surface area contributed by atoms with Crippen molar-refractivity contribution in [3.8, 4) is 0 Å². The van der Waals surface area contributed by atoms with Crippen molar-refractivity contribution in [3.05, 3.63) is 28.2 Å². The molecule has 0 radical (unpaired) electrons. The molecule has 0 saturated carbocycles. The average Bonchev–Trinajstić information content (AvgIpc) is 2.81. The van der Waals surface area contributed by atoms with E-state index in [1.807, 2.05) is 0 Å². The summed E-state index contributed by atoms with van der Waals surface area (Å²) in [6.45, 7) is 0.558. The summed E-state index contributed by atoms with van der Waals surface area (Å²) in [4.78, 5) is 25.1. The predicted molar refractivity (Wildman–Crippen MR) is 71.8 cm³/mol. The number of primary amides is 1. The SMILES string of the molecule is NC(=O)C1CCCN1C(=O)c1ccc(Br)c(N)c1. The fraction of sp³-hybridized carbons (Fsp3) is 0.333. The molecule has 1 aromatic carbocycles. The lowest BCUT2D eigenvalue weighted by Gasteiger charge is -2.22. The molecule has 1 heterocycles. The van der Waals surface area contributed by atoms with Gasteiger partial charge in [0.1, 0.15) is 6.04 Å². The second kappa shape index (κ2) is 4.97. The molecule has 0 spiro atoms. The Morgan fingerprint density at radius 1 is 1.39 bits per heavy atom. The van der Waals surface area contributed by atoms with Gasteiger partial charge in [-0.05, 0) is 47.0 Å². The van der Waals surface area contributed by atoms with E-state index in [9.17, 15) is 9.59 Å². The maximum atomic E-state index is 12.3. The van der Waals surface area contributed by atoms with Crippen molar-refractivity contribution in [2.24, 2.45) is 5.73 Å². The third-order valence-electron chi connectivity index (χ3n) is 3.09. The molecule has 1 atom stereocenters. The summed E-state index contributed by atoms with van der Waals surface area (Å²) < 4.78 is 0.743. The highest BCUT2D eigenvalue weighted by Gasteiger charge is 2.33. The number of nitrogens with two attached hydrogens (primary N) is 2. The van der Waals surface area contributed by atoms with Crippen LogP contribution in [0.15, 0.2) is 22.7 Å². The molecule has 1 aromatic rings. The van der Waals surface area contributed by atoms with E-state index < -0.39 is 11.9 Å². The summed E-state index contributed by atoms with van der Waals surface area (Å²) >= 11 is 3.27. The van der Waals surface area contributed by atoms with E-state index in [0.717, 1.165) is 10.9 Å². The zero-order valence-corrected chi connectivity index (χ0v) is 11.3. The van der Waals surface area contributed by atoms with Gasteiger partial charge in [-0.15, -0.1) is 0 Å². The summed E-state index contributed by atoms with van der Waals surface area (Å²) in [6, 6.07) is 4.50. The molecule has 1 aliphatic heterocycles. The lowest BCUT2D eigenvalue weighted by Crippen LogP contribution is -2.43. The number of nitrogen functional groups attached to an aromatic ring is 1. The quantitative estimate of drug-likeness (QED) is 0.802. The first-order valence-corrected chi connectivity index (χ1v) is 6.45. The van der Waals surface area contributed by atoms with Crippen LogP contribution in [0.3, 0.4) is 0 Å². The average molecular weight is 312 g/mol. The van der Waals surface area contributed by atoms with E-state index in [4.69, 9.17) is 11.5 Å². The van der Waals surface area contributed by atoms with Gasteiger partial charge in [0.25, 0.3) is 5.91 Å². The van der Waals surface area contributed by atoms with Crippen LogP contribution in [0, 0.1) is 0 Å². The smallest absolute Gasteiger partial charge is 0.254 e. The molecule has 0 aromatic heterocycles. The molecule has 2 rings (SSSR count). The van der Waals surface area contributed by atoms with Gasteiger partial charge in [-0.3, -0.25) is 9.59 Å². The van der Waals surface area contributed by atoms with Crippen molar-refractivity contribution in [1.29, 1.82) is 0 Å². The number of amides is 2. The van der Waals surface area contributed by atoms with Crippen LogP contribution in [0.25, 0.3) is 0 Å². The van der Waals surface area contributed by atoms with Crippen molar-refractivity contribution >= 4 is 33.4 Å². The van der Waals surface area contributed by atoms with Gasteiger partial charge in [-0.25, -0.2) is 0 Å². The Balaban J connectivity index is 2.25. The first-order valence-electron chi connectivity index (χ1n) is 5.66. The van der Waals surface area contributed by atoms with Crippen LogP contribution >= 0.6 is 15.9 Å². The van der Waals surface area contributed by atoms with E-state index >= 15 is 0 Å². The molecule has 6 heteroatoms. The Morgan fingerprint density at radius 3 is 2.72 bits per heavy atom. The number of anilines is 1. The molecular formula is C12H14BrN3O2. The minimum absolute atomic E-state index is 0.199. The first-order chi connectivity index (χ1) is 8.50. The molecule has 1 fully saturated rings. The summed E-state index contributed by atoms with van der Waals surface area (Å²) in [7, 11) is 0. The highest BCUT2D eigenvalue weighted by molar-refractivity contribution is 9.10. The van der Waals surface area contributed by atoms with Gasteiger partial charge in [-0.1, -0.05) is 0 Å². The molecule has 1 unspecified atom stereocenters. The summed E-state index contributed by atoms with van der Waals surface area (Å²) in [5.74, 6) is -0.651. The maximum absolute atomic E-state index is 12.3. The number of nitrogens with zero attached hydrogens (tertiary/aromatic N) is 1. The highest BCUT2D eigenvalue weighted by Crippen LogP contribution is 2.24. The summed E-state index contributed by atoms with van der Waals surface area (Å²) in [6.07, 6.45) is 1.43. The molecule has 0 bridgehead atoms. The van der Waals surface area contributed by atoms with E-state index in [1.165, 1.54) is 4.90 Å². The van der Waals surface area contributed by atoms with Gasteiger partial charge >= 0.3 is 0 Å². The summed E-state index contributed by atoms with van der Waals surface area (Å²) in [5.41, 5.74) is 12.0. The Labute approximate surface area is 113 Å². The van der Waals surface area contributed by atoms with Crippen LogP contribution in [0.2, 0.25) is 0 Å². The lowest BCUT2D eigenvalue weighted by molar-refractivity contribution is -0.121. The predicted octanol–water partition coefficient (Wildman–Crippen LogP) is 1.12. The molecule has 0 aliphatic carbocycles. The highest BCUT2D eigenvalue weighted by atomic mass is 79.9. The van der Waals surface area contributed by atoms with Crippen LogP contribution in [0.1, 0.15) is 23.2 Å². The van der Waals surface area contributed by atoms with E-state index in [0.29, 0.717) is 24.2 Å². The second-order valence-electron chi connectivity index (χ2n) is 4.30. The second-order valence-corrected chi connectivity index (χ2v) is 5.15. The number of hydrogen-bond donors (Lipinski definition) is 2. The molecule has 5 nitrogen and oxygen atoms in total. The van der Waals surface area contributed by atoms with Gasteiger partial charge in [-0.2, -0.15) is 0 Å². The largest absolute Gasteiger partial charge is 0.398 e. The van der Waals surface area contributed by atoms with Crippen molar-refractivity contribution in [3.63, 3.8) is 0 Å². The Morgan fingerprint density at radius 2 is 2.11 bits per heavy atom. The Bertz CT molecular complexity index is 504. The van der Waals surface area contributed by atoms with Crippen LogP contribution in [-0.2, 0) is 4.79 Å². The van der Waals surface area contributed by atoms with Crippen molar-refractivity contribution in [2.45, 2.75) is 18.9 Å². The standard InChI is InChI=1S/C12H14BrN3O2/c13-8-4-3-7(6-9(8)14)12(18)16-5-1-2-10(16)11(15)17/h3-4,6,10H,1-2,5,14H2,(H2,15,17). The molecule has 4 N–H and O–H groups in total. The van der Waals surface area contributed by atoms with Crippen LogP contribution in [0.4, 0.5) is 5.69 Å². The zero-order chi connectivity index (χ0) is 13.3. The normalized spacial score (nSPS) is 18.9. The maximum Gasteiger partial charge on any atom is 0.254 e. The Kier molecular flexibility index (Phi) is 3.56. The van der Waals surface area contributed by atoms with Gasteiger partial charge in [0.05, 0.1) is 0 Å². The van der Waals surface area contributed by atoms with E-state index in [-0.39, 0.29) is 5.91 Å². The minimum atomic E-state index is -0.498.